The van der Waals surface area contributed by atoms with E-state index in [0.717, 1.165) is 12.1 Å². The first-order valence-electron chi connectivity index (χ1n) is 8.19. The van der Waals surface area contributed by atoms with Crippen molar-refractivity contribution in [1.82, 2.24) is 0 Å². The van der Waals surface area contributed by atoms with E-state index >= 15 is 0 Å². The van der Waals surface area contributed by atoms with E-state index in [4.69, 9.17) is 26.2 Å². The Kier molecular flexibility index (Phi) is 6.00. The lowest BCUT2D eigenvalue weighted by Crippen LogP contribution is -2.39. The van der Waals surface area contributed by atoms with Crippen LogP contribution in [0.15, 0.2) is 41.3 Å². The van der Waals surface area contributed by atoms with Crippen molar-refractivity contribution >= 4 is 21.4 Å². The zero-order chi connectivity index (χ0) is 19.6. The van der Waals surface area contributed by atoms with Gasteiger partial charge in [0.25, 0.3) is 0 Å². The largest absolute Gasteiger partial charge is 0.487 e. The molecule has 0 fully saturated rings. The van der Waals surface area contributed by atoms with Gasteiger partial charge in [0.1, 0.15) is 23.8 Å². The maximum Gasteiger partial charge on any atom is 0.188 e. The number of halogens is 3. The third-order valence-electron chi connectivity index (χ3n) is 4.22. The molecule has 27 heavy (non-hydrogen) atoms. The molecule has 9 heteroatoms. The highest BCUT2D eigenvalue weighted by Gasteiger charge is 2.44. The second-order valence-corrected chi connectivity index (χ2v) is 8.49. The molecule has 146 valence electrons. The zero-order valence-corrected chi connectivity index (χ0v) is 15.6. The van der Waals surface area contributed by atoms with Crippen LogP contribution in [-0.2, 0) is 14.6 Å². The standard InChI is InChI=1S/C18H17ClF2O5S/c19-11-2-4-12(5-3-11)27(23,24)18-15(25-9-1-8-22)10-26-17-14(21)7-6-13(20)16(17)18/h2-7,15,18,22H,1,8-10H2. The molecule has 2 unspecified atom stereocenters. The molecule has 1 aliphatic heterocycles. The van der Waals surface area contributed by atoms with Gasteiger partial charge in [-0.15, -0.1) is 0 Å². The molecule has 2 atom stereocenters. The zero-order valence-electron chi connectivity index (χ0n) is 14.1. The van der Waals surface area contributed by atoms with Gasteiger partial charge < -0.3 is 14.6 Å². The van der Waals surface area contributed by atoms with Crippen LogP contribution in [0.2, 0.25) is 5.02 Å². The van der Waals surface area contributed by atoms with Crippen LogP contribution in [0.25, 0.3) is 0 Å². The highest BCUT2D eigenvalue weighted by atomic mass is 35.5. The molecule has 1 aliphatic rings. The third-order valence-corrected chi connectivity index (χ3v) is 6.61. The maximum atomic E-state index is 14.5. The molecule has 0 amide bonds. The molecule has 0 saturated heterocycles. The van der Waals surface area contributed by atoms with Gasteiger partial charge in [-0.1, -0.05) is 11.6 Å². The van der Waals surface area contributed by atoms with E-state index in [2.05, 4.69) is 0 Å². The number of ether oxygens (including phenoxy) is 2. The Bertz CT molecular complexity index is 918. The van der Waals surface area contributed by atoms with Crippen molar-refractivity contribution in [1.29, 1.82) is 0 Å². The predicted molar refractivity (Wildman–Crippen MR) is 94.7 cm³/mol. The van der Waals surface area contributed by atoms with E-state index in [1.54, 1.807) is 0 Å². The van der Waals surface area contributed by atoms with Crippen LogP contribution in [0.4, 0.5) is 8.78 Å². The van der Waals surface area contributed by atoms with Crippen LogP contribution in [0.1, 0.15) is 17.2 Å². The summed E-state index contributed by atoms with van der Waals surface area (Å²) in [5.74, 6) is -2.18. The van der Waals surface area contributed by atoms with Crippen molar-refractivity contribution in [3.05, 3.63) is 58.6 Å². The van der Waals surface area contributed by atoms with Gasteiger partial charge in [-0.2, -0.15) is 0 Å². The van der Waals surface area contributed by atoms with Crippen LogP contribution in [0.3, 0.4) is 0 Å². The van der Waals surface area contributed by atoms with E-state index in [1.807, 2.05) is 0 Å². The van der Waals surface area contributed by atoms with Crippen LogP contribution in [0.5, 0.6) is 5.75 Å². The minimum atomic E-state index is -4.15. The van der Waals surface area contributed by atoms with Gasteiger partial charge >= 0.3 is 0 Å². The topological polar surface area (TPSA) is 72.8 Å². The van der Waals surface area contributed by atoms with Gasteiger partial charge in [-0.05, 0) is 42.8 Å². The smallest absolute Gasteiger partial charge is 0.188 e. The summed E-state index contributed by atoms with van der Waals surface area (Å²) >= 11 is 5.82. The van der Waals surface area contributed by atoms with Gasteiger partial charge in [-0.25, -0.2) is 17.2 Å². The molecule has 0 bridgehead atoms. The van der Waals surface area contributed by atoms with Crippen molar-refractivity contribution in [3.8, 4) is 5.75 Å². The summed E-state index contributed by atoms with van der Waals surface area (Å²) in [6.45, 7) is -0.374. The Hall–Kier alpha value is -1.74. The van der Waals surface area contributed by atoms with E-state index in [-0.39, 0.29) is 31.1 Å². The average Bonchev–Trinajstić information content (AvgIpc) is 2.65. The SMILES string of the molecule is O=S(=O)(c1ccc(Cl)cc1)C1c2c(F)ccc(F)c2OCC1OCCCO. The molecular formula is C18H17ClF2O5S. The van der Waals surface area contributed by atoms with Crippen molar-refractivity contribution < 1.29 is 31.8 Å². The Morgan fingerprint density at radius 2 is 1.81 bits per heavy atom. The molecule has 0 spiro atoms. The van der Waals surface area contributed by atoms with Crippen molar-refractivity contribution in [2.45, 2.75) is 22.7 Å². The lowest BCUT2D eigenvalue weighted by atomic mass is 10.0. The van der Waals surface area contributed by atoms with Crippen LogP contribution in [-0.4, -0.2) is 39.4 Å². The first-order chi connectivity index (χ1) is 12.9. The summed E-state index contributed by atoms with van der Waals surface area (Å²) in [7, 11) is -4.15. The second-order valence-electron chi connectivity index (χ2n) is 5.99. The number of benzene rings is 2. The number of fused-ring (bicyclic) bond motifs is 1. The lowest BCUT2D eigenvalue weighted by Gasteiger charge is -2.33. The number of hydrogen-bond donors (Lipinski definition) is 1. The third kappa shape index (κ3) is 3.94. The van der Waals surface area contributed by atoms with Crippen molar-refractivity contribution in [2.24, 2.45) is 0 Å². The number of sulfone groups is 1. The maximum absolute atomic E-state index is 14.5. The highest BCUT2D eigenvalue weighted by Crippen LogP contribution is 2.44. The normalized spacial score (nSPS) is 19.4. The summed E-state index contributed by atoms with van der Waals surface area (Å²) in [6, 6.07) is 7.14. The minimum absolute atomic E-state index is 0.0451. The summed E-state index contributed by atoms with van der Waals surface area (Å²) in [5, 5.41) is 7.75. The summed E-state index contributed by atoms with van der Waals surface area (Å²) in [6.07, 6.45) is -0.802. The fourth-order valence-electron chi connectivity index (χ4n) is 2.96. The summed E-state index contributed by atoms with van der Waals surface area (Å²) in [5.41, 5.74) is -0.398. The fourth-order valence-corrected chi connectivity index (χ4v) is 4.98. The van der Waals surface area contributed by atoms with Gasteiger partial charge in [0.15, 0.2) is 21.4 Å². The number of aliphatic hydroxyl groups excluding tert-OH is 1. The lowest BCUT2D eigenvalue weighted by molar-refractivity contribution is 0.0000209. The first kappa shape index (κ1) is 20.0. The highest BCUT2D eigenvalue weighted by molar-refractivity contribution is 7.91. The molecule has 0 aromatic heterocycles. The van der Waals surface area contributed by atoms with Crippen LogP contribution >= 0.6 is 11.6 Å². The van der Waals surface area contributed by atoms with E-state index in [1.165, 1.54) is 24.3 Å². The van der Waals surface area contributed by atoms with E-state index < -0.39 is 44.1 Å². The molecule has 2 aromatic rings. The van der Waals surface area contributed by atoms with E-state index in [9.17, 15) is 17.2 Å². The van der Waals surface area contributed by atoms with Crippen LogP contribution in [0, 0.1) is 11.6 Å². The van der Waals surface area contributed by atoms with Gasteiger partial charge in [0.2, 0.25) is 0 Å². The molecule has 3 rings (SSSR count). The number of hydrogen-bond acceptors (Lipinski definition) is 5. The Labute approximate surface area is 160 Å². The first-order valence-corrected chi connectivity index (χ1v) is 10.1. The Morgan fingerprint density at radius 1 is 1.15 bits per heavy atom. The van der Waals surface area contributed by atoms with Gasteiger partial charge in [0, 0.05) is 18.2 Å². The van der Waals surface area contributed by atoms with Gasteiger partial charge in [-0.3, -0.25) is 0 Å². The monoisotopic (exact) mass is 418 g/mol. The van der Waals surface area contributed by atoms with E-state index in [0.29, 0.717) is 5.02 Å². The molecule has 0 aliphatic carbocycles. The summed E-state index contributed by atoms with van der Waals surface area (Å²) < 4.78 is 66.0. The van der Waals surface area contributed by atoms with Crippen molar-refractivity contribution in [2.75, 3.05) is 19.8 Å². The Balaban J connectivity index is 2.11. The van der Waals surface area contributed by atoms with Crippen LogP contribution < -0.4 is 4.74 Å². The summed E-state index contributed by atoms with van der Waals surface area (Å²) in [4.78, 5) is -0.0934. The number of rotatable bonds is 6. The second kappa shape index (κ2) is 8.10. The predicted octanol–water partition coefficient (Wildman–Crippen LogP) is 3.29. The fraction of sp³-hybridized carbons (Fsp3) is 0.333. The molecule has 0 saturated carbocycles. The average molecular weight is 419 g/mol. The number of aliphatic hydroxyl groups is 1. The molecule has 1 N–H and O–H groups in total. The van der Waals surface area contributed by atoms with Crippen molar-refractivity contribution in [3.63, 3.8) is 0 Å². The quantitative estimate of drug-likeness (QED) is 0.729. The molecular weight excluding hydrogens is 402 g/mol. The molecule has 1 heterocycles. The molecule has 0 radical (unpaired) electrons. The van der Waals surface area contributed by atoms with Gasteiger partial charge in [0.05, 0.1) is 10.5 Å². The Morgan fingerprint density at radius 3 is 2.48 bits per heavy atom. The minimum Gasteiger partial charge on any atom is -0.487 e. The molecule has 5 nitrogen and oxygen atoms in total. The molecule has 2 aromatic carbocycles.